The molecule has 0 fully saturated rings. The molecule has 0 saturated heterocycles. The molecule has 0 atom stereocenters. The lowest BCUT2D eigenvalue weighted by Crippen LogP contribution is -2.26. The van der Waals surface area contributed by atoms with Crippen molar-refractivity contribution in [2.45, 2.75) is 6.54 Å². The molecule has 2 rings (SSSR count). The van der Waals surface area contributed by atoms with E-state index in [1.807, 2.05) is 30.3 Å². The van der Waals surface area contributed by atoms with E-state index in [0.717, 1.165) is 5.56 Å². The first kappa shape index (κ1) is 13.0. The Hall–Kier alpha value is -2.49. The lowest BCUT2D eigenvalue weighted by molar-refractivity contribution is 0.0785. The fourth-order valence-electron chi connectivity index (χ4n) is 1.84. The molecule has 4 heteroatoms. The number of phenolic OH excluding ortho intramolecular Hbond substituents is 1. The van der Waals surface area contributed by atoms with E-state index in [-0.39, 0.29) is 17.3 Å². The molecule has 3 N–H and O–H groups in total. The number of nitrogens with zero attached hydrogens (tertiary/aromatic N) is 1. The van der Waals surface area contributed by atoms with Crippen LogP contribution in [-0.4, -0.2) is 23.0 Å². The summed E-state index contributed by atoms with van der Waals surface area (Å²) in [5.41, 5.74) is 7.32. The van der Waals surface area contributed by atoms with Crippen LogP contribution in [0, 0.1) is 0 Å². The van der Waals surface area contributed by atoms with Gasteiger partial charge in [0.25, 0.3) is 5.91 Å². The number of anilines is 1. The minimum atomic E-state index is -0.129. The molecule has 2 aromatic rings. The van der Waals surface area contributed by atoms with E-state index in [4.69, 9.17) is 5.73 Å². The minimum absolute atomic E-state index is 0.0118. The summed E-state index contributed by atoms with van der Waals surface area (Å²) in [6, 6.07) is 14.2. The van der Waals surface area contributed by atoms with Crippen molar-refractivity contribution in [1.29, 1.82) is 0 Å². The van der Waals surface area contributed by atoms with Gasteiger partial charge in [-0.3, -0.25) is 4.79 Å². The van der Waals surface area contributed by atoms with Crippen LogP contribution in [0.2, 0.25) is 0 Å². The number of amides is 1. The van der Waals surface area contributed by atoms with Crippen molar-refractivity contribution >= 4 is 11.6 Å². The third kappa shape index (κ3) is 3.04. The first-order valence-electron chi connectivity index (χ1n) is 5.96. The van der Waals surface area contributed by atoms with Crippen molar-refractivity contribution in [3.05, 3.63) is 59.7 Å². The van der Waals surface area contributed by atoms with Crippen molar-refractivity contribution < 1.29 is 9.90 Å². The predicted octanol–water partition coefficient (Wildman–Crippen LogP) is 2.25. The summed E-state index contributed by atoms with van der Waals surface area (Å²) in [5, 5.41) is 9.35. The summed E-state index contributed by atoms with van der Waals surface area (Å²) < 4.78 is 0. The summed E-state index contributed by atoms with van der Waals surface area (Å²) in [6.45, 7) is 0.528. The van der Waals surface area contributed by atoms with Crippen molar-refractivity contribution in [2.75, 3.05) is 12.8 Å². The first-order valence-corrected chi connectivity index (χ1v) is 5.96. The van der Waals surface area contributed by atoms with E-state index in [2.05, 4.69) is 0 Å². The van der Waals surface area contributed by atoms with Crippen LogP contribution in [-0.2, 0) is 6.54 Å². The van der Waals surface area contributed by atoms with E-state index in [1.165, 1.54) is 12.1 Å². The maximum absolute atomic E-state index is 12.2. The summed E-state index contributed by atoms with van der Waals surface area (Å²) in [4.78, 5) is 13.8. The number of phenols is 1. The largest absolute Gasteiger partial charge is 0.506 e. The molecule has 0 aliphatic heterocycles. The summed E-state index contributed by atoms with van der Waals surface area (Å²) >= 11 is 0. The second-order valence-electron chi connectivity index (χ2n) is 4.42. The summed E-state index contributed by atoms with van der Waals surface area (Å²) in [6.07, 6.45) is 0. The van der Waals surface area contributed by atoms with Crippen LogP contribution in [0.4, 0.5) is 5.69 Å². The highest BCUT2D eigenvalue weighted by atomic mass is 16.3. The van der Waals surface area contributed by atoms with Gasteiger partial charge in [-0.2, -0.15) is 0 Å². The van der Waals surface area contributed by atoms with Gasteiger partial charge in [-0.05, 0) is 23.8 Å². The van der Waals surface area contributed by atoms with Gasteiger partial charge < -0.3 is 15.7 Å². The molecule has 0 spiro atoms. The number of carbonyl (C=O) groups excluding carboxylic acids is 1. The van der Waals surface area contributed by atoms with E-state index in [0.29, 0.717) is 12.1 Å². The monoisotopic (exact) mass is 256 g/mol. The zero-order chi connectivity index (χ0) is 13.8. The Balaban J connectivity index is 2.12. The Morgan fingerprint density at radius 2 is 1.89 bits per heavy atom. The predicted molar refractivity (Wildman–Crippen MR) is 74.8 cm³/mol. The van der Waals surface area contributed by atoms with Crippen LogP contribution < -0.4 is 5.73 Å². The minimum Gasteiger partial charge on any atom is -0.506 e. The Bertz CT molecular complexity index is 582. The Labute approximate surface area is 112 Å². The van der Waals surface area contributed by atoms with Gasteiger partial charge in [-0.25, -0.2) is 0 Å². The molecule has 1 amide bonds. The van der Waals surface area contributed by atoms with E-state index in [1.54, 1.807) is 18.0 Å². The molecule has 4 nitrogen and oxygen atoms in total. The number of rotatable bonds is 3. The number of carbonyl (C=O) groups is 1. The normalized spacial score (nSPS) is 10.2. The quantitative estimate of drug-likeness (QED) is 0.653. The molecule has 0 unspecified atom stereocenters. The van der Waals surface area contributed by atoms with Crippen LogP contribution in [0.3, 0.4) is 0 Å². The number of hydrogen-bond acceptors (Lipinski definition) is 3. The highest BCUT2D eigenvalue weighted by Gasteiger charge is 2.13. The lowest BCUT2D eigenvalue weighted by atomic mass is 10.1. The topological polar surface area (TPSA) is 66.6 Å². The molecule has 98 valence electrons. The van der Waals surface area contributed by atoms with E-state index in [9.17, 15) is 9.90 Å². The molecule has 2 aromatic carbocycles. The molecule has 0 bridgehead atoms. The molecule has 0 heterocycles. The van der Waals surface area contributed by atoms with Gasteiger partial charge in [0.05, 0.1) is 5.69 Å². The number of hydrogen-bond donors (Lipinski definition) is 2. The van der Waals surface area contributed by atoms with Crippen molar-refractivity contribution in [2.24, 2.45) is 0 Å². The maximum atomic E-state index is 12.2. The zero-order valence-corrected chi connectivity index (χ0v) is 10.7. The summed E-state index contributed by atoms with van der Waals surface area (Å²) in [5.74, 6) is -0.141. The SMILES string of the molecule is CN(Cc1ccccc1)C(=O)c1ccc(O)c(N)c1. The Kier molecular flexibility index (Phi) is 3.71. The number of nitrogens with two attached hydrogens (primary N) is 1. The lowest BCUT2D eigenvalue weighted by Gasteiger charge is -2.17. The highest BCUT2D eigenvalue weighted by molar-refractivity contribution is 5.95. The molecule has 0 radical (unpaired) electrons. The molecule has 0 aromatic heterocycles. The molecule has 0 aliphatic rings. The molecular formula is C15H16N2O2. The van der Waals surface area contributed by atoms with Crippen molar-refractivity contribution in [1.82, 2.24) is 4.90 Å². The van der Waals surface area contributed by atoms with Crippen molar-refractivity contribution in [3.63, 3.8) is 0 Å². The van der Waals surface area contributed by atoms with Crippen LogP contribution >= 0.6 is 0 Å². The van der Waals surface area contributed by atoms with Crippen molar-refractivity contribution in [3.8, 4) is 5.75 Å². The molecule has 0 saturated carbocycles. The van der Waals surface area contributed by atoms with Crippen LogP contribution in [0.25, 0.3) is 0 Å². The first-order chi connectivity index (χ1) is 9.08. The van der Waals surface area contributed by atoms with Gasteiger partial charge in [0.15, 0.2) is 0 Å². The van der Waals surface area contributed by atoms with Gasteiger partial charge in [-0.1, -0.05) is 30.3 Å². The molecular weight excluding hydrogens is 240 g/mol. The van der Waals surface area contributed by atoms with E-state index >= 15 is 0 Å². The Morgan fingerprint density at radius 3 is 2.53 bits per heavy atom. The van der Waals surface area contributed by atoms with Gasteiger partial charge in [0, 0.05) is 19.2 Å². The second kappa shape index (κ2) is 5.44. The fourth-order valence-corrected chi connectivity index (χ4v) is 1.84. The smallest absolute Gasteiger partial charge is 0.253 e. The van der Waals surface area contributed by atoms with Gasteiger partial charge in [0.2, 0.25) is 0 Å². The third-order valence-corrected chi connectivity index (χ3v) is 2.88. The van der Waals surface area contributed by atoms with Gasteiger partial charge in [0.1, 0.15) is 5.75 Å². The second-order valence-corrected chi connectivity index (χ2v) is 4.42. The zero-order valence-electron chi connectivity index (χ0n) is 10.7. The van der Waals surface area contributed by atoms with Crippen LogP contribution in [0.1, 0.15) is 15.9 Å². The van der Waals surface area contributed by atoms with E-state index < -0.39 is 0 Å². The number of nitrogen functional groups attached to an aromatic ring is 1. The number of benzene rings is 2. The standard InChI is InChI=1S/C15H16N2O2/c1-17(10-11-5-3-2-4-6-11)15(19)12-7-8-14(18)13(16)9-12/h2-9,18H,10,16H2,1H3. The summed E-state index contributed by atoms with van der Waals surface area (Å²) in [7, 11) is 1.73. The average Bonchev–Trinajstić information content (AvgIpc) is 2.42. The van der Waals surface area contributed by atoms with Gasteiger partial charge in [-0.15, -0.1) is 0 Å². The number of aromatic hydroxyl groups is 1. The Morgan fingerprint density at radius 1 is 1.21 bits per heavy atom. The van der Waals surface area contributed by atoms with Crippen LogP contribution in [0.15, 0.2) is 48.5 Å². The fraction of sp³-hybridized carbons (Fsp3) is 0.133. The van der Waals surface area contributed by atoms with Gasteiger partial charge >= 0.3 is 0 Å². The highest BCUT2D eigenvalue weighted by Crippen LogP contribution is 2.21. The van der Waals surface area contributed by atoms with Crippen LogP contribution in [0.5, 0.6) is 5.75 Å². The average molecular weight is 256 g/mol. The molecule has 0 aliphatic carbocycles. The maximum Gasteiger partial charge on any atom is 0.253 e. The molecule has 19 heavy (non-hydrogen) atoms. The third-order valence-electron chi connectivity index (χ3n) is 2.88.